The molecule has 1 rings (SSSR count). The van der Waals surface area contributed by atoms with Crippen molar-refractivity contribution in [2.24, 2.45) is 0 Å². The molecule has 0 aromatic heterocycles. The number of hydroxylamine groups is 2. The summed E-state index contributed by atoms with van der Waals surface area (Å²) in [7, 11) is 0. The van der Waals surface area contributed by atoms with Crippen LogP contribution in [0.2, 0.25) is 0 Å². The second-order valence-corrected chi connectivity index (χ2v) is 8.78. The van der Waals surface area contributed by atoms with Crippen molar-refractivity contribution in [3.63, 3.8) is 0 Å². The molecule has 0 amide bonds. The standard InChI is InChI=1S/C21H39BrNO/c1-4-5-6-7-8-9-10-11-12-13-15-20(2)17-18-21(3,23(20)24)16-14-19-22/h14,16H,4-13,15,17-19H2,1-3H3/b16-14+. The molecule has 24 heavy (non-hydrogen) atoms. The lowest BCUT2D eigenvalue weighted by molar-refractivity contribution is -0.243. The van der Waals surface area contributed by atoms with E-state index in [4.69, 9.17) is 0 Å². The minimum absolute atomic E-state index is 0.161. The van der Waals surface area contributed by atoms with E-state index in [2.05, 4.69) is 48.9 Å². The Morgan fingerprint density at radius 2 is 1.46 bits per heavy atom. The third kappa shape index (κ3) is 7.17. The normalized spacial score (nSPS) is 28.2. The second-order valence-electron chi connectivity index (χ2n) is 8.14. The second kappa shape index (κ2) is 11.7. The summed E-state index contributed by atoms with van der Waals surface area (Å²) in [5.41, 5.74) is -0.466. The summed E-state index contributed by atoms with van der Waals surface area (Å²) in [4.78, 5) is 0. The average molecular weight is 401 g/mol. The van der Waals surface area contributed by atoms with Gasteiger partial charge in [0.15, 0.2) is 0 Å². The third-order valence-corrected chi connectivity index (χ3v) is 6.13. The number of allylic oxidation sites excluding steroid dienone is 1. The maximum atomic E-state index is 12.8. The fourth-order valence-corrected chi connectivity index (χ4v) is 4.20. The fourth-order valence-electron chi connectivity index (χ4n) is 4.01. The molecule has 3 heteroatoms. The monoisotopic (exact) mass is 400 g/mol. The van der Waals surface area contributed by atoms with E-state index in [1.54, 1.807) is 0 Å². The highest BCUT2D eigenvalue weighted by Gasteiger charge is 2.49. The van der Waals surface area contributed by atoms with Crippen molar-refractivity contribution < 1.29 is 5.21 Å². The molecular formula is C21H39BrNO. The van der Waals surface area contributed by atoms with Gasteiger partial charge in [-0.2, -0.15) is 0 Å². The minimum Gasteiger partial charge on any atom is -0.140 e. The van der Waals surface area contributed by atoms with Gasteiger partial charge in [0.2, 0.25) is 0 Å². The molecule has 0 saturated carbocycles. The zero-order valence-corrected chi connectivity index (χ0v) is 17.9. The van der Waals surface area contributed by atoms with Gasteiger partial charge in [-0.05, 0) is 33.1 Å². The molecule has 2 nitrogen and oxygen atoms in total. The van der Waals surface area contributed by atoms with Gasteiger partial charge in [0.05, 0.1) is 5.54 Å². The van der Waals surface area contributed by atoms with Crippen molar-refractivity contribution in [2.45, 2.75) is 115 Å². The van der Waals surface area contributed by atoms with Gasteiger partial charge in [-0.3, -0.25) is 0 Å². The average Bonchev–Trinajstić information content (AvgIpc) is 2.80. The summed E-state index contributed by atoms with van der Waals surface area (Å²) >= 11 is 3.41. The molecule has 0 bridgehead atoms. The molecule has 1 aliphatic rings. The van der Waals surface area contributed by atoms with Gasteiger partial charge < -0.3 is 0 Å². The summed E-state index contributed by atoms with van der Waals surface area (Å²) < 4.78 is 0. The molecule has 0 spiro atoms. The van der Waals surface area contributed by atoms with E-state index in [9.17, 15) is 5.21 Å². The van der Waals surface area contributed by atoms with E-state index in [1.165, 1.54) is 69.3 Å². The number of rotatable bonds is 13. The summed E-state index contributed by atoms with van der Waals surface area (Å²) in [5.74, 6) is 0. The van der Waals surface area contributed by atoms with Crippen LogP contribution in [0.3, 0.4) is 0 Å². The van der Waals surface area contributed by atoms with Crippen LogP contribution in [0.1, 0.15) is 104 Å². The van der Waals surface area contributed by atoms with Gasteiger partial charge in [0.1, 0.15) is 0 Å². The largest absolute Gasteiger partial charge is 0.140 e. The number of nitrogens with zero attached hydrogens (tertiary/aromatic N) is 1. The van der Waals surface area contributed by atoms with Crippen molar-refractivity contribution in [3.05, 3.63) is 12.2 Å². The molecular weight excluding hydrogens is 362 g/mol. The van der Waals surface area contributed by atoms with E-state index >= 15 is 0 Å². The lowest BCUT2D eigenvalue weighted by atomic mass is 9.92. The predicted octanol–water partition coefficient (Wildman–Crippen LogP) is 7.21. The molecule has 1 aliphatic heterocycles. The first-order chi connectivity index (χ1) is 11.5. The molecule has 0 N–H and O–H groups in total. The Balaban J connectivity index is 2.15. The summed E-state index contributed by atoms with van der Waals surface area (Å²) in [6.07, 6.45) is 20.8. The Morgan fingerprint density at radius 3 is 2.00 bits per heavy atom. The van der Waals surface area contributed by atoms with Crippen molar-refractivity contribution in [1.82, 2.24) is 5.06 Å². The Morgan fingerprint density at radius 1 is 0.917 bits per heavy atom. The smallest absolute Gasteiger partial charge is 0.0652 e. The Bertz CT molecular complexity index is 360. The van der Waals surface area contributed by atoms with Crippen LogP contribution in [-0.2, 0) is 5.21 Å². The zero-order valence-electron chi connectivity index (χ0n) is 16.3. The van der Waals surface area contributed by atoms with Gasteiger partial charge >= 0.3 is 0 Å². The van der Waals surface area contributed by atoms with Gasteiger partial charge in [-0.15, -0.1) is 10.3 Å². The first-order valence-corrected chi connectivity index (χ1v) is 11.3. The van der Waals surface area contributed by atoms with E-state index in [1.807, 2.05) is 0 Å². The summed E-state index contributed by atoms with van der Waals surface area (Å²) in [6, 6.07) is 0. The quantitative estimate of drug-likeness (QED) is 0.182. The Kier molecular flexibility index (Phi) is 10.8. The number of hydrogen-bond donors (Lipinski definition) is 0. The van der Waals surface area contributed by atoms with Crippen molar-refractivity contribution in [3.8, 4) is 0 Å². The highest BCUT2D eigenvalue weighted by Crippen LogP contribution is 2.43. The van der Waals surface area contributed by atoms with Gasteiger partial charge in [-0.1, -0.05) is 99.2 Å². The molecule has 1 saturated heterocycles. The number of halogens is 1. The van der Waals surface area contributed by atoms with Crippen LogP contribution in [0, 0.1) is 0 Å². The van der Waals surface area contributed by atoms with Crippen LogP contribution in [0.15, 0.2) is 12.2 Å². The van der Waals surface area contributed by atoms with Crippen LogP contribution in [0.25, 0.3) is 0 Å². The van der Waals surface area contributed by atoms with E-state index in [-0.39, 0.29) is 11.1 Å². The van der Waals surface area contributed by atoms with Crippen LogP contribution >= 0.6 is 15.9 Å². The van der Waals surface area contributed by atoms with E-state index < -0.39 is 0 Å². The van der Waals surface area contributed by atoms with Crippen LogP contribution in [-0.4, -0.2) is 21.5 Å². The molecule has 0 aliphatic carbocycles. The van der Waals surface area contributed by atoms with Gasteiger partial charge in [0.25, 0.3) is 0 Å². The Labute approximate surface area is 159 Å². The van der Waals surface area contributed by atoms with Crippen LogP contribution in [0.5, 0.6) is 0 Å². The van der Waals surface area contributed by atoms with Crippen molar-refractivity contribution >= 4 is 15.9 Å². The van der Waals surface area contributed by atoms with E-state index in [0.29, 0.717) is 0 Å². The first-order valence-electron chi connectivity index (χ1n) is 10.2. The predicted molar refractivity (Wildman–Crippen MR) is 108 cm³/mol. The van der Waals surface area contributed by atoms with Gasteiger partial charge in [-0.25, -0.2) is 0 Å². The zero-order chi connectivity index (χ0) is 17.9. The molecule has 0 aromatic carbocycles. The molecule has 2 unspecified atom stereocenters. The highest BCUT2D eigenvalue weighted by atomic mass is 79.9. The molecule has 2 atom stereocenters. The van der Waals surface area contributed by atoms with E-state index in [0.717, 1.165) is 24.6 Å². The minimum atomic E-state index is -0.305. The summed E-state index contributed by atoms with van der Waals surface area (Å²) in [6.45, 7) is 6.53. The highest BCUT2D eigenvalue weighted by molar-refractivity contribution is 9.09. The molecule has 1 radical (unpaired) electrons. The number of unbranched alkanes of at least 4 members (excludes halogenated alkanes) is 9. The maximum Gasteiger partial charge on any atom is 0.0652 e. The molecule has 0 aromatic rings. The van der Waals surface area contributed by atoms with Crippen molar-refractivity contribution in [2.75, 3.05) is 5.33 Å². The number of hydrogen-bond acceptors (Lipinski definition) is 1. The third-order valence-electron chi connectivity index (χ3n) is 5.76. The SMILES string of the molecule is CCCCCCCCCCCCC1(C)CCC(C)(/C=C/CBr)N1[O]. The summed E-state index contributed by atoms with van der Waals surface area (Å²) in [5, 5.41) is 15.0. The fraction of sp³-hybridized carbons (Fsp3) is 0.905. The lowest BCUT2D eigenvalue weighted by Crippen LogP contribution is -2.47. The molecule has 1 heterocycles. The maximum absolute atomic E-state index is 12.8. The number of alkyl halides is 1. The van der Waals surface area contributed by atoms with Crippen LogP contribution < -0.4 is 0 Å². The Hall–Kier alpha value is 0.140. The molecule has 1 fully saturated rings. The van der Waals surface area contributed by atoms with Crippen LogP contribution in [0.4, 0.5) is 0 Å². The van der Waals surface area contributed by atoms with Gasteiger partial charge in [0, 0.05) is 10.9 Å². The van der Waals surface area contributed by atoms with Crippen molar-refractivity contribution in [1.29, 1.82) is 0 Å². The molecule has 141 valence electrons. The lowest BCUT2D eigenvalue weighted by Gasteiger charge is -2.35. The topological polar surface area (TPSA) is 23.1 Å². The first kappa shape index (κ1) is 22.2.